The summed E-state index contributed by atoms with van der Waals surface area (Å²) in [5.74, 6) is -0.145. The van der Waals surface area contributed by atoms with Gasteiger partial charge in [0.05, 0.1) is 0 Å². The van der Waals surface area contributed by atoms with Crippen molar-refractivity contribution in [3.63, 3.8) is 0 Å². The molecule has 0 nitrogen and oxygen atoms in total. The van der Waals surface area contributed by atoms with E-state index in [2.05, 4.69) is 36.7 Å². The van der Waals surface area contributed by atoms with Gasteiger partial charge in [-0.05, 0) is 60.7 Å². The first kappa shape index (κ1) is 26.0. The van der Waals surface area contributed by atoms with E-state index in [-0.39, 0.29) is 11.6 Å². The van der Waals surface area contributed by atoms with Crippen LogP contribution in [0.15, 0.2) is 35.0 Å². The molecular formula is C30H32F2S4. The van der Waals surface area contributed by atoms with E-state index in [1.807, 2.05) is 0 Å². The van der Waals surface area contributed by atoms with Crippen LogP contribution in [0.25, 0.3) is 41.1 Å². The fraction of sp³-hybridized carbons (Fsp3) is 0.400. The van der Waals surface area contributed by atoms with Gasteiger partial charge in [-0.2, -0.15) is 0 Å². The summed E-state index contributed by atoms with van der Waals surface area (Å²) in [5.41, 5.74) is 2.28. The molecule has 0 aliphatic rings. The predicted molar refractivity (Wildman–Crippen MR) is 159 cm³/mol. The number of hydrogen-bond acceptors (Lipinski definition) is 4. The number of fused-ring (bicyclic) bond motifs is 2. The molecular weight excluding hydrogens is 527 g/mol. The monoisotopic (exact) mass is 558 g/mol. The number of thiophene rings is 4. The summed E-state index contributed by atoms with van der Waals surface area (Å²) < 4.78 is 32.3. The number of aryl methyl sites for hydroxylation is 2. The average molecular weight is 559 g/mol. The molecule has 0 radical (unpaired) electrons. The number of unbranched alkanes of at least 4 members (excludes halogenated alkanes) is 6. The van der Waals surface area contributed by atoms with Crippen LogP contribution in [-0.2, 0) is 12.8 Å². The Morgan fingerprint density at radius 3 is 1.47 bits per heavy atom. The minimum Gasteiger partial charge on any atom is -0.206 e. The minimum absolute atomic E-state index is 0.0725. The molecule has 36 heavy (non-hydrogen) atoms. The molecule has 0 amide bonds. The standard InChI is InChI=1S/C30H32F2S4/c1-3-5-7-9-11-23-21(31)17-25(35-23)27-19-13-15-34-30(19)28(20-14-16-33-29(20)27)26-18-22(32)24(36-26)12-10-8-6-4-2/h13-18H,3-12H2,1-2H3. The highest BCUT2D eigenvalue weighted by Crippen LogP contribution is 2.50. The smallest absolute Gasteiger partial charge is 0.137 e. The van der Waals surface area contributed by atoms with Crippen LogP contribution in [0.3, 0.4) is 0 Å². The van der Waals surface area contributed by atoms with E-state index in [0.717, 1.165) is 79.9 Å². The Morgan fingerprint density at radius 1 is 0.611 bits per heavy atom. The molecule has 6 heteroatoms. The van der Waals surface area contributed by atoms with E-state index in [9.17, 15) is 8.78 Å². The molecule has 0 bridgehead atoms. The topological polar surface area (TPSA) is 0 Å². The molecule has 0 fully saturated rings. The van der Waals surface area contributed by atoms with Crippen molar-refractivity contribution in [3.05, 3.63) is 56.4 Å². The fourth-order valence-electron chi connectivity index (χ4n) is 4.96. The SMILES string of the molecule is CCCCCCc1sc(-c2c3ccsc3c(-c3cc(F)c(CCCCCC)s3)c3ccsc23)cc1F. The third-order valence-electron chi connectivity index (χ3n) is 6.85. The van der Waals surface area contributed by atoms with Crippen LogP contribution in [0.1, 0.15) is 75.0 Å². The first-order valence-electron chi connectivity index (χ1n) is 13.1. The maximum atomic E-state index is 15.0. The van der Waals surface area contributed by atoms with Gasteiger partial charge in [-0.15, -0.1) is 45.3 Å². The Kier molecular flexibility index (Phi) is 8.56. The second-order valence-electron chi connectivity index (χ2n) is 9.46. The van der Waals surface area contributed by atoms with Crippen molar-refractivity contribution in [2.75, 3.05) is 0 Å². The van der Waals surface area contributed by atoms with Crippen molar-refractivity contribution in [2.45, 2.75) is 78.1 Å². The summed E-state index contributed by atoms with van der Waals surface area (Å²) in [7, 11) is 0. The van der Waals surface area contributed by atoms with Crippen molar-refractivity contribution in [3.8, 4) is 20.9 Å². The molecule has 4 aromatic heterocycles. The van der Waals surface area contributed by atoms with Gasteiger partial charge in [-0.25, -0.2) is 8.78 Å². The summed E-state index contributed by atoms with van der Waals surface area (Å²) in [4.78, 5) is 3.75. The van der Waals surface area contributed by atoms with E-state index in [1.165, 1.54) is 35.1 Å². The molecule has 0 unspecified atom stereocenters. The van der Waals surface area contributed by atoms with E-state index >= 15 is 0 Å². The van der Waals surface area contributed by atoms with Crippen LogP contribution in [0.4, 0.5) is 8.78 Å². The van der Waals surface area contributed by atoms with Gasteiger partial charge in [0.25, 0.3) is 0 Å². The normalized spacial score (nSPS) is 11.9. The molecule has 5 rings (SSSR count). The first-order chi connectivity index (χ1) is 17.6. The third kappa shape index (κ3) is 5.20. The zero-order valence-electron chi connectivity index (χ0n) is 20.9. The minimum atomic E-state index is -0.0725. The highest BCUT2D eigenvalue weighted by Gasteiger charge is 2.23. The highest BCUT2D eigenvalue weighted by atomic mass is 32.1. The molecule has 0 N–H and O–H groups in total. The van der Waals surface area contributed by atoms with Crippen LogP contribution in [-0.4, -0.2) is 0 Å². The average Bonchev–Trinajstić information content (AvgIpc) is 3.66. The van der Waals surface area contributed by atoms with Gasteiger partial charge in [0.2, 0.25) is 0 Å². The van der Waals surface area contributed by atoms with Gasteiger partial charge in [0.15, 0.2) is 0 Å². The van der Waals surface area contributed by atoms with Crippen molar-refractivity contribution < 1.29 is 8.78 Å². The lowest BCUT2D eigenvalue weighted by molar-refractivity contribution is 0.603. The molecule has 0 aliphatic carbocycles. The number of halogens is 2. The van der Waals surface area contributed by atoms with Crippen LogP contribution < -0.4 is 0 Å². The van der Waals surface area contributed by atoms with Gasteiger partial charge in [-0.3, -0.25) is 0 Å². The Hall–Kier alpha value is -1.60. The Morgan fingerprint density at radius 2 is 1.06 bits per heavy atom. The summed E-state index contributed by atoms with van der Waals surface area (Å²) in [6.45, 7) is 4.40. The second-order valence-corrected chi connectivity index (χ2v) is 13.6. The van der Waals surface area contributed by atoms with Crippen LogP contribution in [0.2, 0.25) is 0 Å². The van der Waals surface area contributed by atoms with Gasteiger partial charge in [0.1, 0.15) is 11.6 Å². The van der Waals surface area contributed by atoms with Crippen molar-refractivity contribution in [1.82, 2.24) is 0 Å². The molecule has 4 heterocycles. The first-order valence-corrected chi connectivity index (χ1v) is 16.5. The molecule has 0 aliphatic heterocycles. The number of hydrogen-bond donors (Lipinski definition) is 0. The molecule has 0 saturated carbocycles. The highest BCUT2D eigenvalue weighted by molar-refractivity contribution is 7.22. The summed E-state index contributed by atoms with van der Waals surface area (Å²) >= 11 is 6.63. The molecule has 0 saturated heterocycles. The van der Waals surface area contributed by atoms with Crippen molar-refractivity contribution in [2.24, 2.45) is 0 Å². The molecule has 0 atom stereocenters. The lowest BCUT2D eigenvalue weighted by Crippen LogP contribution is -1.84. The third-order valence-corrected chi connectivity index (χ3v) is 11.1. The zero-order valence-corrected chi connectivity index (χ0v) is 24.2. The lowest BCUT2D eigenvalue weighted by Gasteiger charge is -2.09. The maximum absolute atomic E-state index is 15.0. The van der Waals surface area contributed by atoms with Gasteiger partial charge < -0.3 is 0 Å². The maximum Gasteiger partial charge on any atom is 0.137 e. The summed E-state index contributed by atoms with van der Waals surface area (Å²) in [6.07, 6.45) is 10.8. The Balaban J connectivity index is 1.55. The van der Waals surface area contributed by atoms with Crippen molar-refractivity contribution in [1.29, 1.82) is 0 Å². The fourth-order valence-corrected chi connectivity index (χ4v) is 9.33. The Labute approximate surface area is 228 Å². The zero-order chi connectivity index (χ0) is 25.1. The van der Waals surface area contributed by atoms with Crippen LogP contribution in [0.5, 0.6) is 0 Å². The molecule has 1 aromatic carbocycles. The Bertz CT molecular complexity index is 1290. The van der Waals surface area contributed by atoms with Crippen LogP contribution >= 0.6 is 45.3 Å². The van der Waals surface area contributed by atoms with E-state index in [0.29, 0.717) is 0 Å². The summed E-state index contributed by atoms with van der Waals surface area (Å²) in [6, 6.07) is 7.80. The molecule has 5 aromatic rings. The van der Waals surface area contributed by atoms with Crippen LogP contribution in [0, 0.1) is 11.6 Å². The van der Waals surface area contributed by atoms with E-state index in [4.69, 9.17) is 0 Å². The van der Waals surface area contributed by atoms with Gasteiger partial charge >= 0.3 is 0 Å². The second kappa shape index (κ2) is 11.8. The largest absolute Gasteiger partial charge is 0.206 e. The molecule has 0 spiro atoms. The number of rotatable bonds is 12. The summed E-state index contributed by atoms with van der Waals surface area (Å²) in [5, 5.41) is 6.54. The quantitative estimate of drug-likeness (QED) is 0.134. The predicted octanol–water partition coefficient (Wildman–Crippen LogP) is 12.1. The van der Waals surface area contributed by atoms with Gasteiger partial charge in [0, 0.05) is 50.8 Å². The van der Waals surface area contributed by atoms with E-state index < -0.39 is 0 Å². The number of benzene rings is 1. The molecule has 190 valence electrons. The van der Waals surface area contributed by atoms with Crippen molar-refractivity contribution >= 4 is 65.5 Å². The lowest BCUT2D eigenvalue weighted by atomic mass is 10.0. The van der Waals surface area contributed by atoms with Gasteiger partial charge in [-0.1, -0.05) is 52.4 Å². The van der Waals surface area contributed by atoms with E-state index in [1.54, 1.807) is 57.5 Å².